The largest absolute Gasteiger partial charge is 0.463 e. The van der Waals surface area contributed by atoms with Gasteiger partial charge in [-0.25, -0.2) is 0 Å². The summed E-state index contributed by atoms with van der Waals surface area (Å²) in [6, 6.07) is 0. The van der Waals surface area contributed by atoms with Crippen LogP contribution in [0.15, 0.2) is 0 Å². The number of alkyl halides is 3. The van der Waals surface area contributed by atoms with Crippen LogP contribution in [0.2, 0.25) is 0 Å². The lowest BCUT2D eigenvalue weighted by molar-refractivity contribution is -0.304. The van der Waals surface area contributed by atoms with Gasteiger partial charge in [-0.15, -0.1) is 0 Å². The summed E-state index contributed by atoms with van der Waals surface area (Å²) in [5.41, 5.74) is 0. The number of hydrogen-bond donors (Lipinski definition) is 0. The van der Waals surface area contributed by atoms with Gasteiger partial charge in [0.1, 0.15) is 18.6 Å². The number of esters is 4. The minimum Gasteiger partial charge on any atom is -0.463 e. The molecule has 0 aromatic rings. The Morgan fingerprint density at radius 1 is 0.889 bits per heavy atom. The van der Waals surface area contributed by atoms with Crippen molar-refractivity contribution < 1.29 is 51.6 Å². The molecular formula is C15H19ClF2O9. The predicted octanol–water partition coefficient (Wildman–Crippen LogP) is 1.15. The Hall–Kier alpha value is -2.01. The predicted molar refractivity (Wildman–Crippen MR) is 82.5 cm³/mol. The van der Waals surface area contributed by atoms with E-state index < -0.39 is 66.4 Å². The molecule has 0 radical (unpaired) electrons. The first-order valence-electron chi connectivity index (χ1n) is 7.70. The van der Waals surface area contributed by atoms with Gasteiger partial charge in [-0.2, -0.15) is 8.78 Å². The number of carbonyl (C=O) groups is 4. The summed E-state index contributed by atoms with van der Waals surface area (Å²) in [6.07, 6.45) is -6.79. The monoisotopic (exact) mass is 416 g/mol. The number of rotatable bonds is 6. The van der Waals surface area contributed by atoms with Gasteiger partial charge in [0, 0.05) is 27.7 Å². The normalized spacial score (nSPS) is 28.0. The first-order chi connectivity index (χ1) is 12.3. The molecule has 1 rings (SSSR count). The zero-order valence-electron chi connectivity index (χ0n) is 14.9. The molecule has 154 valence electrons. The fraction of sp³-hybridized carbons (Fsp3) is 0.733. The fourth-order valence-corrected chi connectivity index (χ4v) is 2.74. The van der Waals surface area contributed by atoms with E-state index in [0.29, 0.717) is 0 Å². The molecule has 12 heteroatoms. The molecular weight excluding hydrogens is 398 g/mol. The molecule has 1 unspecified atom stereocenters. The number of halogens is 3. The quantitative estimate of drug-likeness (QED) is 0.357. The van der Waals surface area contributed by atoms with Crippen LogP contribution in [0, 0.1) is 5.92 Å². The highest BCUT2D eigenvalue weighted by atomic mass is 35.5. The van der Waals surface area contributed by atoms with Gasteiger partial charge < -0.3 is 23.7 Å². The van der Waals surface area contributed by atoms with E-state index in [9.17, 15) is 28.0 Å². The first-order valence-corrected chi connectivity index (χ1v) is 8.08. The molecule has 5 atom stereocenters. The van der Waals surface area contributed by atoms with E-state index in [0.717, 1.165) is 27.7 Å². The van der Waals surface area contributed by atoms with Crippen LogP contribution in [0.3, 0.4) is 0 Å². The highest BCUT2D eigenvalue weighted by Crippen LogP contribution is 2.43. The van der Waals surface area contributed by atoms with E-state index in [-0.39, 0.29) is 0 Å². The maximum atomic E-state index is 14.0. The number of ether oxygens (including phenoxy) is 5. The highest BCUT2D eigenvalue weighted by molar-refractivity contribution is 6.22. The number of hydrogen-bond acceptors (Lipinski definition) is 9. The third kappa shape index (κ3) is 6.90. The van der Waals surface area contributed by atoms with Crippen LogP contribution < -0.4 is 0 Å². The van der Waals surface area contributed by atoms with Gasteiger partial charge >= 0.3 is 29.3 Å². The van der Waals surface area contributed by atoms with Crippen LogP contribution in [0.5, 0.6) is 0 Å². The average Bonchev–Trinajstić information content (AvgIpc) is 2.44. The summed E-state index contributed by atoms with van der Waals surface area (Å²) in [6.45, 7) is 3.38. The molecule has 0 N–H and O–H groups in total. The van der Waals surface area contributed by atoms with E-state index in [1.807, 2.05) is 0 Å². The second-order valence-corrected chi connectivity index (χ2v) is 6.17. The lowest BCUT2D eigenvalue weighted by Gasteiger charge is -2.45. The van der Waals surface area contributed by atoms with E-state index in [2.05, 4.69) is 0 Å². The maximum Gasteiger partial charge on any atom is 0.334 e. The molecule has 9 nitrogen and oxygen atoms in total. The SMILES string of the molecule is CC(=O)OC[C@H]1OC(OC(C)=O)[C@H](C(F)(F)Cl)[C@@H](OC(C)=O)[C@@H]1OC(C)=O. The Kier molecular flexibility index (Phi) is 7.90. The van der Waals surface area contributed by atoms with Crippen molar-refractivity contribution in [3.63, 3.8) is 0 Å². The van der Waals surface area contributed by atoms with E-state index >= 15 is 0 Å². The summed E-state index contributed by atoms with van der Waals surface area (Å²) in [7, 11) is 0. The van der Waals surface area contributed by atoms with Crippen molar-refractivity contribution in [1.82, 2.24) is 0 Å². The zero-order valence-corrected chi connectivity index (χ0v) is 15.7. The van der Waals surface area contributed by atoms with E-state index in [1.54, 1.807) is 0 Å². The van der Waals surface area contributed by atoms with Crippen LogP contribution in [0.1, 0.15) is 27.7 Å². The number of carbonyl (C=O) groups excluding carboxylic acids is 4. The van der Waals surface area contributed by atoms with E-state index in [4.69, 9.17) is 35.3 Å². The molecule has 0 spiro atoms. The van der Waals surface area contributed by atoms with Gasteiger partial charge in [0.15, 0.2) is 12.2 Å². The highest BCUT2D eigenvalue weighted by Gasteiger charge is 2.60. The van der Waals surface area contributed by atoms with Crippen LogP contribution in [-0.2, 0) is 42.9 Å². The molecule has 0 aliphatic carbocycles. The van der Waals surface area contributed by atoms with Crippen molar-refractivity contribution >= 4 is 35.5 Å². The molecule has 1 heterocycles. The summed E-state index contributed by atoms with van der Waals surface area (Å²) in [5, 5.41) is -4.08. The standard InChI is InChI=1S/C15H19ClF2O9/c1-6(19)23-5-10-12(24-7(2)20)13(25-8(3)21)11(15(16,17)18)14(27-10)26-9(4)22/h10-14H,5H2,1-4H3/t10-,11-,12-,13-,14?/m1/s1. The minimum atomic E-state index is -4.08. The van der Waals surface area contributed by atoms with Crippen LogP contribution in [-0.4, -0.2) is 60.5 Å². The molecule has 27 heavy (non-hydrogen) atoms. The molecule has 0 amide bonds. The van der Waals surface area contributed by atoms with Crippen molar-refractivity contribution in [2.24, 2.45) is 5.92 Å². The fourth-order valence-electron chi connectivity index (χ4n) is 2.51. The third-order valence-electron chi connectivity index (χ3n) is 3.36. The van der Waals surface area contributed by atoms with Gasteiger partial charge in [-0.1, -0.05) is 0 Å². The van der Waals surface area contributed by atoms with Crippen molar-refractivity contribution in [2.45, 2.75) is 57.7 Å². The van der Waals surface area contributed by atoms with Crippen LogP contribution in [0.4, 0.5) is 8.78 Å². The second kappa shape index (κ2) is 9.27. The van der Waals surface area contributed by atoms with Gasteiger partial charge in [-0.3, -0.25) is 19.2 Å². The summed E-state index contributed by atoms with van der Waals surface area (Å²) in [5.74, 6) is -5.82. The van der Waals surface area contributed by atoms with Crippen molar-refractivity contribution in [1.29, 1.82) is 0 Å². The Balaban J connectivity index is 3.36. The van der Waals surface area contributed by atoms with Crippen LogP contribution in [0.25, 0.3) is 0 Å². The second-order valence-electron chi connectivity index (χ2n) is 5.67. The molecule has 0 bridgehead atoms. The van der Waals surface area contributed by atoms with Crippen molar-refractivity contribution in [3.8, 4) is 0 Å². The molecule has 1 fully saturated rings. The molecule has 1 aliphatic heterocycles. The molecule has 0 aromatic carbocycles. The Morgan fingerprint density at radius 2 is 1.37 bits per heavy atom. The molecule has 1 aliphatic rings. The minimum absolute atomic E-state index is 0.552. The molecule has 0 saturated carbocycles. The van der Waals surface area contributed by atoms with Gasteiger partial charge in [0.05, 0.1) is 0 Å². The Morgan fingerprint density at radius 3 is 1.78 bits per heavy atom. The lowest BCUT2D eigenvalue weighted by atomic mass is 9.90. The summed E-state index contributed by atoms with van der Waals surface area (Å²) >= 11 is 5.12. The van der Waals surface area contributed by atoms with Crippen molar-refractivity contribution in [2.75, 3.05) is 6.61 Å². The Labute approximate surface area is 158 Å². The summed E-state index contributed by atoms with van der Waals surface area (Å²) in [4.78, 5) is 45.2. The third-order valence-corrected chi connectivity index (χ3v) is 3.61. The molecule has 0 aromatic heterocycles. The van der Waals surface area contributed by atoms with Gasteiger partial charge in [0.2, 0.25) is 6.29 Å². The topological polar surface area (TPSA) is 114 Å². The molecule has 1 saturated heterocycles. The smallest absolute Gasteiger partial charge is 0.334 e. The van der Waals surface area contributed by atoms with Gasteiger partial charge in [-0.05, 0) is 11.6 Å². The Bertz CT molecular complexity index is 592. The maximum absolute atomic E-state index is 14.0. The van der Waals surface area contributed by atoms with E-state index in [1.165, 1.54) is 0 Å². The van der Waals surface area contributed by atoms with Gasteiger partial charge in [0.25, 0.3) is 0 Å². The summed E-state index contributed by atoms with van der Waals surface area (Å²) < 4.78 is 52.7. The lowest BCUT2D eigenvalue weighted by Crippen LogP contribution is -2.62. The zero-order chi connectivity index (χ0) is 20.9. The van der Waals surface area contributed by atoms with Crippen LogP contribution >= 0.6 is 11.6 Å². The first kappa shape index (κ1) is 23.0. The van der Waals surface area contributed by atoms with Crippen molar-refractivity contribution in [3.05, 3.63) is 0 Å². The average molecular weight is 417 g/mol.